The van der Waals surface area contributed by atoms with E-state index >= 15 is 0 Å². The maximum Gasteiger partial charge on any atom is 0.122 e. The maximum absolute atomic E-state index is 10.6. The van der Waals surface area contributed by atoms with Crippen LogP contribution in [0.3, 0.4) is 0 Å². The minimum absolute atomic E-state index is 0.155. The Hall–Kier alpha value is -2.22. The van der Waals surface area contributed by atoms with Crippen LogP contribution in [0.5, 0.6) is 11.5 Å². The van der Waals surface area contributed by atoms with Crippen LogP contribution in [0.1, 0.15) is 53.1 Å². The molecule has 122 valence electrons. The molecular formula is C21H26O2. The van der Waals surface area contributed by atoms with Gasteiger partial charge in [0.2, 0.25) is 0 Å². The summed E-state index contributed by atoms with van der Waals surface area (Å²) in [4.78, 5) is 0. The first-order valence-electron chi connectivity index (χ1n) is 7.99. The molecule has 2 rings (SSSR count). The molecule has 0 heterocycles. The number of aromatic hydroxyl groups is 2. The molecule has 0 amide bonds. The fraction of sp³-hybridized carbons (Fsp3) is 0.333. The average Bonchev–Trinajstić information content (AvgIpc) is 2.48. The van der Waals surface area contributed by atoms with Gasteiger partial charge in [-0.3, -0.25) is 0 Å². The van der Waals surface area contributed by atoms with Crippen molar-refractivity contribution in [3.8, 4) is 11.5 Å². The molecule has 0 aliphatic carbocycles. The van der Waals surface area contributed by atoms with Crippen molar-refractivity contribution in [1.29, 1.82) is 0 Å². The van der Waals surface area contributed by atoms with Crippen molar-refractivity contribution >= 4 is 0 Å². The van der Waals surface area contributed by atoms with Gasteiger partial charge >= 0.3 is 0 Å². The standard InChI is InChI=1S/C21H26O2/c1-7-14(4)19(17-10-12(2)8-15(5)20(17)22)18-11-13(3)9-16(6)21(18)23/h7-11,19,22-23H,1-6H3/b14-7+. The largest absolute Gasteiger partial charge is 0.507 e. The lowest BCUT2D eigenvalue weighted by Crippen LogP contribution is -2.06. The number of phenols is 2. The Morgan fingerprint density at radius 1 is 0.826 bits per heavy atom. The summed E-state index contributed by atoms with van der Waals surface area (Å²) >= 11 is 0. The highest BCUT2D eigenvalue weighted by atomic mass is 16.3. The summed E-state index contributed by atoms with van der Waals surface area (Å²) < 4.78 is 0. The molecule has 0 aliphatic rings. The summed E-state index contributed by atoms with van der Waals surface area (Å²) in [5.74, 6) is 0.456. The number of hydrogen-bond acceptors (Lipinski definition) is 2. The molecule has 2 heteroatoms. The van der Waals surface area contributed by atoms with Gasteiger partial charge in [0.1, 0.15) is 11.5 Å². The highest BCUT2D eigenvalue weighted by Crippen LogP contribution is 2.43. The van der Waals surface area contributed by atoms with E-state index in [0.717, 1.165) is 39.0 Å². The lowest BCUT2D eigenvalue weighted by Gasteiger charge is -2.24. The van der Waals surface area contributed by atoms with Crippen molar-refractivity contribution in [3.63, 3.8) is 0 Å². The number of phenolic OH excluding ortho intramolecular Hbond substituents is 2. The molecule has 0 aliphatic heterocycles. The first-order valence-corrected chi connectivity index (χ1v) is 7.99. The summed E-state index contributed by atoms with van der Waals surface area (Å²) in [5.41, 5.74) is 6.72. The summed E-state index contributed by atoms with van der Waals surface area (Å²) in [5, 5.41) is 21.2. The molecule has 23 heavy (non-hydrogen) atoms. The average molecular weight is 310 g/mol. The van der Waals surface area contributed by atoms with Crippen LogP contribution in [0, 0.1) is 27.7 Å². The van der Waals surface area contributed by atoms with Crippen LogP contribution in [0.2, 0.25) is 0 Å². The summed E-state index contributed by atoms with van der Waals surface area (Å²) in [6.45, 7) is 11.9. The van der Waals surface area contributed by atoms with Crippen molar-refractivity contribution in [1.82, 2.24) is 0 Å². The van der Waals surface area contributed by atoms with E-state index in [1.165, 1.54) is 0 Å². The van der Waals surface area contributed by atoms with Gasteiger partial charge in [0.15, 0.2) is 0 Å². The van der Waals surface area contributed by atoms with Gasteiger partial charge in [-0.15, -0.1) is 0 Å². The van der Waals surface area contributed by atoms with E-state index < -0.39 is 0 Å². The Labute approximate surface area is 139 Å². The van der Waals surface area contributed by atoms with E-state index in [9.17, 15) is 10.2 Å². The second-order valence-electron chi connectivity index (χ2n) is 6.51. The number of benzene rings is 2. The molecule has 0 unspecified atom stereocenters. The van der Waals surface area contributed by atoms with Crippen LogP contribution >= 0.6 is 0 Å². The first-order chi connectivity index (χ1) is 10.8. The van der Waals surface area contributed by atoms with Crippen molar-refractivity contribution in [2.75, 3.05) is 0 Å². The molecule has 2 aromatic rings. The number of aryl methyl sites for hydroxylation is 4. The zero-order valence-corrected chi connectivity index (χ0v) is 14.9. The zero-order chi connectivity index (χ0) is 17.3. The number of hydrogen-bond donors (Lipinski definition) is 2. The van der Waals surface area contributed by atoms with Crippen LogP contribution in [0.15, 0.2) is 35.9 Å². The molecule has 2 nitrogen and oxygen atoms in total. The molecule has 2 aromatic carbocycles. The minimum Gasteiger partial charge on any atom is -0.507 e. The normalized spacial score (nSPS) is 12.0. The molecule has 2 N–H and O–H groups in total. The maximum atomic E-state index is 10.6. The van der Waals surface area contributed by atoms with Crippen LogP contribution in [-0.2, 0) is 0 Å². The van der Waals surface area contributed by atoms with Crippen molar-refractivity contribution in [3.05, 3.63) is 69.3 Å². The third-order valence-corrected chi connectivity index (χ3v) is 4.48. The van der Waals surface area contributed by atoms with E-state index in [1.54, 1.807) is 0 Å². The van der Waals surface area contributed by atoms with Crippen LogP contribution in [0.4, 0.5) is 0 Å². The summed E-state index contributed by atoms with van der Waals surface area (Å²) in [6, 6.07) is 7.97. The molecule has 0 radical (unpaired) electrons. The Kier molecular flexibility index (Phi) is 4.84. The molecule has 0 bridgehead atoms. The number of rotatable bonds is 3. The van der Waals surface area contributed by atoms with E-state index in [4.69, 9.17) is 0 Å². The fourth-order valence-corrected chi connectivity index (χ4v) is 3.25. The van der Waals surface area contributed by atoms with Gasteiger partial charge in [-0.05, 0) is 52.7 Å². The lowest BCUT2D eigenvalue weighted by atomic mass is 9.81. The molecule has 0 saturated carbocycles. The Morgan fingerprint density at radius 2 is 1.22 bits per heavy atom. The van der Waals surface area contributed by atoms with Crippen LogP contribution in [-0.4, -0.2) is 10.2 Å². The van der Waals surface area contributed by atoms with Crippen molar-refractivity contribution in [2.24, 2.45) is 0 Å². The smallest absolute Gasteiger partial charge is 0.122 e. The Bertz CT molecular complexity index is 712. The number of allylic oxidation sites excluding steroid dienone is 2. The lowest BCUT2D eigenvalue weighted by molar-refractivity contribution is 0.453. The first kappa shape index (κ1) is 17.1. The third kappa shape index (κ3) is 3.26. The summed E-state index contributed by atoms with van der Waals surface area (Å²) in [6.07, 6.45) is 2.04. The molecule has 0 spiro atoms. The highest BCUT2D eigenvalue weighted by Gasteiger charge is 2.24. The van der Waals surface area contributed by atoms with Gasteiger partial charge in [0.25, 0.3) is 0 Å². The fourth-order valence-electron chi connectivity index (χ4n) is 3.25. The van der Waals surface area contributed by atoms with E-state index in [-0.39, 0.29) is 5.92 Å². The van der Waals surface area contributed by atoms with Gasteiger partial charge in [-0.25, -0.2) is 0 Å². The van der Waals surface area contributed by atoms with Gasteiger partial charge < -0.3 is 10.2 Å². The molecule has 0 fully saturated rings. The van der Waals surface area contributed by atoms with Crippen molar-refractivity contribution < 1.29 is 10.2 Å². The van der Waals surface area contributed by atoms with E-state index in [0.29, 0.717) is 11.5 Å². The van der Waals surface area contributed by atoms with Gasteiger partial charge in [0.05, 0.1) is 0 Å². The molecule has 0 aromatic heterocycles. The van der Waals surface area contributed by atoms with Crippen LogP contribution in [0.25, 0.3) is 0 Å². The summed E-state index contributed by atoms with van der Waals surface area (Å²) in [7, 11) is 0. The predicted molar refractivity (Wildman–Crippen MR) is 96.4 cm³/mol. The second-order valence-corrected chi connectivity index (χ2v) is 6.51. The Morgan fingerprint density at radius 3 is 1.57 bits per heavy atom. The van der Waals surface area contributed by atoms with Gasteiger partial charge in [-0.1, -0.05) is 47.0 Å². The van der Waals surface area contributed by atoms with E-state index in [1.807, 2.05) is 71.9 Å². The van der Waals surface area contributed by atoms with Crippen LogP contribution < -0.4 is 0 Å². The van der Waals surface area contributed by atoms with Gasteiger partial charge in [-0.2, -0.15) is 0 Å². The predicted octanol–water partition coefficient (Wildman–Crippen LogP) is 5.43. The third-order valence-electron chi connectivity index (χ3n) is 4.48. The molecule has 0 atom stereocenters. The highest BCUT2D eigenvalue weighted by molar-refractivity contribution is 5.56. The monoisotopic (exact) mass is 310 g/mol. The SMILES string of the molecule is C/C=C(\C)C(c1cc(C)cc(C)c1O)c1cc(C)cc(C)c1O. The second kappa shape index (κ2) is 6.49. The van der Waals surface area contributed by atoms with E-state index in [2.05, 4.69) is 0 Å². The van der Waals surface area contributed by atoms with Gasteiger partial charge in [0, 0.05) is 17.0 Å². The minimum atomic E-state index is -0.155. The van der Waals surface area contributed by atoms with Crippen molar-refractivity contribution in [2.45, 2.75) is 47.5 Å². The topological polar surface area (TPSA) is 40.5 Å². The molecule has 0 saturated heterocycles. The quantitative estimate of drug-likeness (QED) is 0.742. The molecular weight excluding hydrogens is 284 g/mol. The Balaban J connectivity index is 2.80. The zero-order valence-electron chi connectivity index (χ0n) is 14.9.